The molecule has 0 aromatic rings. The molecule has 1 saturated carbocycles. The number of rotatable bonds is 2. The molecule has 0 aliphatic heterocycles. The molecule has 0 amide bonds. The van der Waals surface area contributed by atoms with Crippen LogP contribution in [0.1, 0.15) is 13.8 Å². The van der Waals surface area contributed by atoms with E-state index in [-0.39, 0.29) is 23.8 Å². The molecule has 2 aliphatic carbocycles. The summed E-state index contributed by atoms with van der Waals surface area (Å²) >= 11 is 0. The molecule has 98 valence electrons. The third kappa shape index (κ3) is 1.67. The maximum atomic E-state index is 11.9. The Morgan fingerprint density at radius 2 is 1.33 bits per heavy atom. The zero-order chi connectivity index (χ0) is 13.4. The van der Waals surface area contributed by atoms with Crippen molar-refractivity contribution in [2.24, 2.45) is 23.7 Å². The number of fused-ring (bicyclic) bond motifs is 2. The Morgan fingerprint density at radius 1 is 0.944 bits per heavy atom. The van der Waals surface area contributed by atoms with Crippen LogP contribution in [0.2, 0.25) is 0 Å². The van der Waals surface area contributed by atoms with Crippen LogP contribution >= 0.6 is 0 Å². The van der Waals surface area contributed by atoms with Crippen molar-refractivity contribution in [1.82, 2.24) is 0 Å². The smallest absolute Gasteiger partial charge is 0.310 e. The summed E-state index contributed by atoms with van der Waals surface area (Å²) in [6.45, 7) is 4.02. The molecule has 4 heteroatoms. The Hall–Kier alpha value is -1.58. The molecular weight excluding hydrogens is 232 g/mol. The van der Waals surface area contributed by atoms with Crippen LogP contribution in [-0.4, -0.2) is 26.2 Å². The highest BCUT2D eigenvalue weighted by atomic mass is 16.5. The molecule has 0 heterocycles. The average Bonchev–Trinajstić information content (AvgIpc) is 2.91. The molecule has 4 nitrogen and oxygen atoms in total. The van der Waals surface area contributed by atoms with E-state index >= 15 is 0 Å². The Morgan fingerprint density at radius 3 is 1.61 bits per heavy atom. The van der Waals surface area contributed by atoms with Crippen LogP contribution < -0.4 is 0 Å². The van der Waals surface area contributed by atoms with Gasteiger partial charge in [0.2, 0.25) is 0 Å². The lowest BCUT2D eigenvalue weighted by Gasteiger charge is -2.22. The normalized spacial score (nSPS) is 32.6. The maximum absolute atomic E-state index is 11.9. The predicted molar refractivity (Wildman–Crippen MR) is 65.5 cm³/mol. The summed E-state index contributed by atoms with van der Waals surface area (Å²) in [7, 11) is 2.71. The SMILES string of the molecule is COC(=O)C1C2C=CC(C2=C(C)C)C1C(=O)OC. The summed E-state index contributed by atoms with van der Waals surface area (Å²) < 4.78 is 9.67. The number of allylic oxidation sites excluding steroid dienone is 4. The molecule has 2 aliphatic rings. The minimum absolute atomic E-state index is 0.0171. The minimum Gasteiger partial charge on any atom is -0.469 e. The van der Waals surface area contributed by atoms with Crippen LogP contribution in [0.5, 0.6) is 0 Å². The summed E-state index contributed by atoms with van der Waals surface area (Å²) in [6, 6.07) is 0. The van der Waals surface area contributed by atoms with Crippen LogP contribution in [-0.2, 0) is 19.1 Å². The molecule has 0 spiro atoms. The van der Waals surface area contributed by atoms with E-state index < -0.39 is 11.8 Å². The van der Waals surface area contributed by atoms with Gasteiger partial charge in [0.05, 0.1) is 26.1 Å². The number of hydrogen-bond acceptors (Lipinski definition) is 4. The molecule has 0 saturated heterocycles. The summed E-state index contributed by atoms with van der Waals surface area (Å²) in [6.07, 6.45) is 4.02. The Labute approximate surface area is 107 Å². The van der Waals surface area contributed by atoms with Crippen molar-refractivity contribution in [3.05, 3.63) is 23.3 Å². The number of esters is 2. The first-order valence-electron chi connectivity index (χ1n) is 6.04. The Kier molecular flexibility index (Phi) is 3.28. The van der Waals surface area contributed by atoms with Crippen LogP contribution in [0.3, 0.4) is 0 Å². The van der Waals surface area contributed by atoms with Gasteiger partial charge in [0.1, 0.15) is 0 Å². The van der Waals surface area contributed by atoms with Crippen molar-refractivity contribution in [2.75, 3.05) is 14.2 Å². The summed E-state index contributed by atoms with van der Waals surface area (Å²) in [5, 5.41) is 0. The maximum Gasteiger partial charge on any atom is 0.310 e. The average molecular weight is 250 g/mol. The number of hydrogen-bond donors (Lipinski definition) is 0. The van der Waals surface area contributed by atoms with Crippen molar-refractivity contribution < 1.29 is 19.1 Å². The van der Waals surface area contributed by atoms with Crippen molar-refractivity contribution in [3.63, 3.8) is 0 Å². The van der Waals surface area contributed by atoms with Gasteiger partial charge < -0.3 is 9.47 Å². The first-order valence-corrected chi connectivity index (χ1v) is 6.04. The topological polar surface area (TPSA) is 52.6 Å². The van der Waals surface area contributed by atoms with Crippen molar-refractivity contribution in [3.8, 4) is 0 Å². The standard InChI is InChI=1S/C14H18O4/c1-7(2)10-8-5-6-9(10)12(14(16)18-4)11(8)13(15)17-3/h5-6,8-9,11-12H,1-4H3. The predicted octanol–water partition coefficient (Wildman–Crippen LogP) is 1.72. The molecule has 1 fully saturated rings. The Balaban J connectivity index is 2.45. The molecule has 0 aromatic carbocycles. The molecule has 4 atom stereocenters. The first kappa shape index (κ1) is 12.9. The van der Waals surface area contributed by atoms with E-state index in [2.05, 4.69) is 0 Å². The fraction of sp³-hybridized carbons (Fsp3) is 0.571. The fourth-order valence-electron chi connectivity index (χ4n) is 3.27. The quantitative estimate of drug-likeness (QED) is 0.553. The zero-order valence-electron chi connectivity index (χ0n) is 11.1. The van der Waals surface area contributed by atoms with Gasteiger partial charge in [0.15, 0.2) is 0 Å². The second-order valence-electron chi connectivity index (χ2n) is 4.99. The second-order valence-corrected chi connectivity index (χ2v) is 4.99. The highest BCUT2D eigenvalue weighted by Gasteiger charge is 2.55. The molecule has 4 unspecified atom stereocenters. The number of ether oxygens (including phenoxy) is 2. The van der Waals surface area contributed by atoms with E-state index in [1.54, 1.807) is 0 Å². The van der Waals surface area contributed by atoms with Gasteiger partial charge in [-0.15, -0.1) is 0 Å². The van der Waals surface area contributed by atoms with Gasteiger partial charge >= 0.3 is 11.9 Å². The highest BCUT2D eigenvalue weighted by molar-refractivity contribution is 5.86. The van der Waals surface area contributed by atoms with Crippen molar-refractivity contribution >= 4 is 11.9 Å². The lowest BCUT2D eigenvalue weighted by molar-refractivity contribution is -0.158. The Bertz CT molecular complexity index is 409. The fourth-order valence-corrected chi connectivity index (χ4v) is 3.27. The lowest BCUT2D eigenvalue weighted by atomic mass is 9.83. The lowest BCUT2D eigenvalue weighted by Crippen LogP contribution is -2.34. The third-order valence-electron chi connectivity index (χ3n) is 3.93. The monoisotopic (exact) mass is 250 g/mol. The van der Waals surface area contributed by atoms with E-state index in [4.69, 9.17) is 9.47 Å². The van der Waals surface area contributed by atoms with E-state index in [1.165, 1.54) is 19.8 Å². The summed E-state index contributed by atoms with van der Waals surface area (Å²) in [4.78, 5) is 23.8. The van der Waals surface area contributed by atoms with E-state index in [9.17, 15) is 9.59 Å². The summed E-state index contributed by atoms with van der Waals surface area (Å²) in [5.41, 5.74) is 2.33. The van der Waals surface area contributed by atoms with Crippen LogP contribution in [0, 0.1) is 23.7 Å². The molecule has 18 heavy (non-hydrogen) atoms. The number of carbonyl (C=O) groups excluding carboxylic acids is 2. The number of methoxy groups -OCH3 is 2. The zero-order valence-corrected chi connectivity index (χ0v) is 11.1. The van der Waals surface area contributed by atoms with Crippen LogP contribution in [0.4, 0.5) is 0 Å². The van der Waals surface area contributed by atoms with Gasteiger partial charge in [-0.05, 0) is 13.8 Å². The van der Waals surface area contributed by atoms with Gasteiger partial charge in [0, 0.05) is 11.8 Å². The first-order chi connectivity index (χ1) is 8.52. The van der Waals surface area contributed by atoms with Crippen molar-refractivity contribution in [2.45, 2.75) is 13.8 Å². The number of carbonyl (C=O) groups is 2. The minimum atomic E-state index is -0.442. The molecule has 0 N–H and O–H groups in total. The van der Waals surface area contributed by atoms with Crippen LogP contribution in [0.25, 0.3) is 0 Å². The third-order valence-corrected chi connectivity index (χ3v) is 3.93. The molecular formula is C14H18O4. The molecule has 2 rings (SSSR count). The van der Waals surface area contributed by atoms with Gasteiger partial charge in [-0.25, -0.2) is 0 Å². The highest BCUT2D eigenvalue weighted by Crippen LogP contribution is 2.53. The van der Waals surface area contributed by atoms with E-state index in [0.29, 0.717) is 0 Å². The summed E-state index contributed by atoms with van der Waals surface area (Å²) in [5.74, 6) is -1.58. The van der Waals surface area contributed by atoms with Gasteiger partial charge in [-0.2, -0.15) is 0 Å². The van der Waals surface area contributed by atoms with Crippen molar-refractivity contribution in [1.29, 1.82) is 0 Å². The van der Waals surface area contributed by atoms with E-state index in [1.807, 2.05) is 26.0 Å². The molecule has 2 bridgehead atoms. The van der Waals surface area contributed by atoms with E-state index in [0.717, 1.165) is 5.57 Å². The molecule has 0 aromatic heterocycles. The second kappa shape index (κ2) is 4.59. The van der Waals surface area contributed by atoms with Crippen LogP contribution in [0.15, 0.2) is 23.3 Å². The van der Waals surface area contributed by atoms with Gasteiger partial charge in [0.25, 0.3) is 0 Å². The van der Waals surface area contributed by atoms with Gasteiger partial charge in [-0.1, -0.05) is 23.3 Å². The van der Waals surface area contributed by atoms with Gasteiger partial charge in [-0.3, -0.25) is 9.59 Å². The largest absolute Gasteiger partial charge is 0.469 e. The molecule has 0 radical (unpaired) electrons.